The highest BCUT2D eigenvalue weighted by molar-refractivity contribution is 6.00. The molecule has 0 aromatic rings. The molecular weight excluding hydrogens is 176 g/mol. The fraction of sp³-hybridized carbons (Fsp3) is 0.750. The lowest BCUT2D eigenvalue weighted by atomic mass is 10.0. The molecular formula is C8H14O5. The Labute approximate surface area is 77.0 Å². The minimum atomic E-state index is -1.66. The molecule has 0 fully saturated rings. The summed E-state index contributed by atoms with van der Waals surface area (Å²) < 4.78 is 14.4. The molecule has 0 aromatic carbocycles. The number of carbonyl (C=O) groups is 2. The van der Waals surface area contributed by atoms with Crippen molar-refractivity contribution < 1.29 is 23.8 Å². The Hall–Kier alpha value is -0.780. The minimum absolute atomic E-state index is 0.382. The fourth-order valence-electron chi connectivity index (χ4n) is 1.04. The number of aldehydes is 1. The largest absolute Gasteiger partial charge is 0.359 e. The summed E-state index contributed by atoms with van der Waals surface area (Å²) in [4.78, 5) is 21.9. The van der Waals surface area contributed by atoms with Gasteiger partial charge < -0.3 is 14.2 Å². The van der Waals surface area contributed by atoms with E-state index in [2.05, 4.69) is 0 Å². The van der Waals surface area contributed by atoms with Gasteiger partial charge in [0.05, 0.1) is 0 Å². The monoisotopic (exact) mass is 190 g/mol. The summed E-state index contributed by atoms with van der Waals surface area (Å²) in [7, 11) is 3.91. The van der Waals surface area contributed by atoms with Crippen molar-refractivity contribution in [2.24, 2.45) is 0 Å². The molecule has 1 unspecified atom stereocenters. The van der Waals surface area contributed by atoms with E-state index in [9.17, 15) is 9.59 Å². The third-order valence-electron chi connectivity index (χ3n) is 1.84. The van der Waals surface area contributed by atoms with Gasteiger partial charge in [0.15, 0.2) is 18.4 Å². The molecule has 13 heavy (non-hydrogen) atoms. The first-order valence-corrected chi connectivity index (χ1v) is 3.67. The molecule has 0 saturated heterocycles. The molecule has 0 rings (SSSR count). The third kappa shape index (κ3) is 2.12. The zero-order valence-corrected chi connectivity index (χ0v) is 8.20. The molecule has 0 aliphatic heterocycles. The molecule has 0 spiro atoms. The van der Waals surface area contributed by atoms with Gasteiger partial charge in [0.2, 0.25) is 5.60 Å². The van der Waals surface area contributed by atoms with Crippen molar-refractivity contribution in [1.29, 1.82) is 0 Å². The SMILES string of the molecule is COC(OC)C(C=O)(OC)C(C)=O. The molecule has 1 atom stereocenters. The van der Waals surface area contributed by atoms with Crippen LogP contribution in [0.15, 0.2) is 0 Å². The van der Waals surface area contributed by atoms with Crippen LogP contribution in [0.5, 0.6) is 0 Å². The summed E-state index contributed by atoms with van der Waals surface area (Å²) in [6.45, 7) is 1.24. The van der Waals surface area contributed by atoms with Gasteiger partial charge >= 0.3 is 0 Å². The summed E-state index contributed by atoms with van der Waals surface area (Å²) in [6.07, 6.45) is -0.639. The Kier molecular flexibility index (Phi) is 4.76. The van der Waals surface area contributed by atoms with Crippen LogP contribution in [0.3, 0.4) is 0 Å². The lowest BCUT2D eigenvalue weighted by Crippen LogP contribution is -2.53. The van der Waals surface area contributed by atoms with Crippen LogP contribution >= 0.6 is 0 Å². The first kappa shape index (κ1) is 12.2. The molecule has 0 N–H and O–H groups in total. The second-order valence-corrected chi connectivity index (χ2v) is 2.47. The quantitative estimate of drug-likeness (QED) is 0.329. The van der Waals surface area contributed by atoms with Gasteiger partial charge in [0.25, 0.3) is 0 Å². The van der Waals surface area contributed by atoms with E-state index in [1.165, 1.54) is 28.3 Å². The van der Waals surface area contributed by atoms with Crippen molar-refractivity contribution in [3.8, 4) is 0 Å². The molecule has 0 heterocycles. The smallest absolute Gasteiger partial charge is 0.231 e. The van der Waals surface area contributed by atoms with E-state index < -0.39 is 17.7 Å². The number of Topliss-reactive ketones (excluding diaryl/α,β-unsaturated/α-hetero) is 1. The number of carbonyl (C=O) groups excluding carboxylic acids is 2. The Balaban J connectivity index is 4.93. The Morgan fingerprint density at radius 3 is 1.85 bits per heavy atom. The molecule has 0 aliphatic carbocycles. The predicted octanol–water partition coefficient (Wildman–Crippen LogP) is -0.222. The topological polar surface area (TPSA) is 61.8 Å². The first-order chi connectivity index (χ1) is 6.08. The third-order valence-corrected chi connectivity index (χ3v) is 1.84. The number of rotatable bonds is 6. The van der Waals surface area contributed by atoms with Crippen LogP contribution in [0.25, 0.3) is 0 Å². The number of ketones is 1. The Morgan fingerprint density at radius 1 is 1.31 bits per heavy atom. The summed E-state index contributed by atoms with van der Waals surface area (Å²) in [5.74, 6) is -0.460. The van der Waals surface area contributed by atoms with Crippen LogP contribution in [0.4, 0.5) is 0 Å². The molecule has 0 amide bonds. The van der Waals surface area contributed by atoms with Crippen LogP contribution in [0, 0.1) is 0 Å². The standard InChI is InChI=1S/C8H14O5/c1-6(10)8(5-9,13-4)7(11-2)12-3/h5,7H,1-4H3. The average Bonchev–Trinajstić information content (AvgIpc) is 2.13. The van der Waals surface area contributed by atoms with Crippen molar-refractivity contribution in [3.63, 3.8) is 0 Å². The van der Waals surface area contributed by atoms with Crippen LogP contribution in [0.2, 0.25) is 0 Å². The maximum atomic E-state index is 11.2. The fourth-order valence-corrected chi connectivity index (χ4v) is 1.04. The highest BCUT2D eigenvalue weighted by Crippen LogP contribution is 2.17. The van der Waals surface area contributed by atoms with E-state index >= 15 is 0 Å². The highest BCUT2D eigenvalue weighted by atomic mass is 16.7. The average molecular weight is 190 g/mol. The van der Waals surface area contributed by atoms with Gasteiger partial charge in [-0.1, -0.05) is 0 Å². The van der Waals surface area contributed by atoms with Gasteiger partial charge in [-0.05, 0) is 6.92 Å². The maximum absolute atomic E-state index is 11.2. The van der Waals surface area contributed by atoms with Crippen LogP contribution in [-0.4, -0.2) is 45.3 Å². The van der Waals surface area contributed by atoms with E-state index in [0.717, 1.165) is 0 Å². The van der Waals surface area contributed by atoms with E-state index in [0.29, 0.717) is 6.29 Å². The van der Waals surface area contributed by atoms with Gasteiger partial charge in [0.1, 0.15) is 0 Å². The molecule has 5 nitrogen and oxygen atoms in total. The normalized spacial score (nSPS) is 15.5. The predicted molar refractivity (Wildman–Crippen MR) is 44.3 cm³/mol. The molecule has 76 valence electrons. The van der Waals surface area contributed by atoms with E-state index in [4.69, 9.17) is 14.2 Å². The summed E-state index contributed by atoms with van der Waals surface area (Å²) in [5, 5.41) is 0. The van der Waals surface area contributed by atoms with Crippen molar-refractivity contribution >= 4 is 12.1 Å². The zero-order chi connectivity index (χ0) is 10.5. The van der Waals surface area contributed by atoms with Gasteiger partial charge in [-0.15, -0.1) is 0 Å². The molecule has 0 aliphatic rings. The Morgan fingerprint density at radius 2 is 1.77 bits per heavy atom. The molecule has 0 saturated carbocycles. The number of methoxy groups -OCH3 is 3. The summed E-state index contributed by atoms with van der Waals surface area (Å²) in [6, 6.07) is 0. The molecule has 0 bridgehead atoms. The van der Waals surface area contributed by atoms with Gasteiger partial charge in [-0.2, -0.15) is 0 Å². The van der Waals surface area contributed by atoms with E-state index in [-0.39, 0.29) is 0 Å². The molecule has 5 heteroatoms. The van der Waals surface area contributed by atoms with Crippen molar-refractivity contribution in [2.45, 2.75) is 18.8 Å². The maximum Gasteiger partial charge on any atom is 0.231 e. The number of hydrogen-bond acceptors (Lipinski definition) is 5. The van der Waals surface area contributed by atoms with E-state index in [1.54, 1.807) is 0 Å². The Bertz CT molecular complexity index is 187. The van der Waals surface area contributed by atoms with E-state index in [1.807, 2.05) is 0 Å². The lowest BCUT2D eigenvalue weighted by Gasteiger charge is -2.29. The summed E-state index contributed by atoms with van der Waals surface area (Å²) >= 11 is 0. The lowest BCUT2D eigenvalue weighted by molar-refractivity contribution is -0.212. The molecule has 0 radical (unpaired) electrons. The van der Waals surface area contributed by atoms with Crippen LogP contribution < -0.4 is 0 Å². The van der Waals surface area contributed by atoms with Gasteiger partial charge in [-0.25, -0.2) is 0 Å². The zero-order valence-electron chi connectivity index (χ0n) is 8.20. The van der Waals surface area contributed by atoms with Crippen molar-refractivity contribution in [3.05, 3.63) is 0 Å². The summed E-state index contributed by atoms with van der Waals surface area (Å²) in [5.41, 5.74) is -1.66. The second-order valence-electron chi connectivity index (χ2n) is 2.47. The van der Waals surface area contributed by atoms with Gasteiger partial charge in [0, 0.05) is 21.3 Å². The van der Waals surface area contributed by atoms with Crippen molar-refractivity contribution in [1.82, 2.24) is 0 Å². The highest BCUT2D eigenvalue weighted by Gasteiger charge is 2.45. The first-order valence-electron chi connectivity index (χ1n) is 3.67. The minimum Gasteiger partial charge on any atom is -0.359 e. The van der Waals surface area contributed by atoms with Gasteiger partial charge in [-0.3, -0.25) is 9.59 Å². The van der Waals surface area contributed by atoms with Crippen LogP contribution in [-0.2, 0) is 23.8 Å². The number of hydrogen-bond donors (Lipinski definition) is 0. The van der Waals surface area contributed by atoms with Crippen LogP contribution in [0.1, 0.15) is 6.92 Å². The molecule has 0 aromatic heterocycles. The second kappa shape index (κ2) is 5.06. The number of ether oxygens (including phenoxy) is 3. The van der Waals surface area contributed by atoms with Crippen molar-refractivity contribution in [2.75, 3.05) is 21.3 Å².